The SMILES string of the molecule is COc1ccc(OC)c(CNS(=O)(=O)c2nc(-c3ccccc3)oc2-c2ccccc2)c1. The predicted octanol–water partition coefficient (Wildman–Crippen LogP) is 4.50. The van der Waals surface area contributed by atoms with Gasteiger partial charge in [0.2, 0.25) is 10.9 Å². The maximum atomic E-state index is 13.3. The van der Waals surface area contributed by atoms with Crippen molar-refractivity contribution in [3.8, 4) is 34.3 Å². The lowest BCUT2D eigenvalue weighted by Gasteiger charge is -2.11. The molecule has 0 radical (unpaired) electrons. The number of rotatable bonds is 8. The molecule has 1 heterocycles. The Morgan fingerprint density at radius 3 is 2.16 bits per heavy atom. The highest BCUT2D eigenvalue weighted by molar-refractivity contribution is 7.89. The number of ether oxygens (including phenoxy) is 2. The Labute approximate surface area is 186 Å². The van der Waals surface area contributed by atoms with Crippen LogP contribution in [-0.2, 0) is 16.6 Å². The first kappa shape index (κ1) is 21.6. The Kier molecular flexibility index (Phi) is 6.25. The molecule has 4 aromatic rings. The Morgan fingerprint density at radius 1 is 0.875 bits per heavy atom. The Morgan fingerprint density at radius 2 is 1.53 bits per heavy atom. The minimum atomic E-state index is -4.02. The van der Waals surface area contributed by atoms with Gasteiger partial charge in [0.1, 0.15) is 11.5 Å². The molecule has 0 aliphatic rings. The quantitative estimate of drug-likeness (QED) is 0.425. The molecule has 0 amide bonds. The largest absolute Gasteiger partial charge is 0.497 e. The monoisotopic (exact) mass is 450 g/mol. The summed E-state index contributed by atoms with van der Waals surface area (Å²) in [6, 6.07) is 23.4. The minimum Gasteiger partial charge on any atom is -0.497 e. The fourth-order valence-electron chi connectivity index (χ4n) is 3.23. The first-order valence-corrected chi connectivity index (χ1v) is 11.3. The molecule has 0 unspecified atom stereocenters. The highest BCUT2D eigenvalue weighted by atomic mass is 32.2. The summed E-state index contributed by atoms with van der Waals surface area (Å²) in [5.41, 5.74) is 1.92. The number of nitrogens with one attached hydrogen (secondary N) is 1. The van der Waals surface area contributed by atoms with Gasteiger partial charge < -0.3 is 13.9 Å². The average Bonchev–Trinajstić information content (AvgIpc) is 3.30. The van der Waals surface area contributed by atoms with Crippen LogP contribution in [-0.4, -0.2) is 27.6 Å². The van der Waals surface area contributed by atoms with Crippen LogP contribution in [0.4, 0.5) is 0 Å². The summed E-state index contributed by atoms with van der Waals surface area (Å²) >= 11 is 0. The number of sulfonamides is 1. The number of benzene rings is 3. The smallest absolute Gasteiger partial charge is 0.262 e. The van der Waals surface area contributed by atoms with Crippen molar-refractivity contribution in [3.05, 3.63) is 84.4 Å². The number of methoxy groups -OCH3 is 2. The Bertz CT molecular complexity index is 1300. The molecule has 4 rings (SSSR count). The van der Waals surface area contributed by atoms with E-state index >= 15 is 0 Å². The van der Waals surface area contributed by atoms with Gasteiger partial charge in [-0.05, 0) is 30.3 Å². The summed E-state index contributed by atoms with van der Waals surface area (Å²) in [7, 11) is -0.951. The molecule has 1 N–H and O–H groups in total. The molecule has 0 atom stereocenters. The number of nitrogens with zero attached hydrogens (tertiary/aromatic N) is 1. The van der Waals surface area contributed by atoms with Gasteiger partial charge in [0.15, 0.2) is 5.76 Å². The lowest BCUT2D eigenvalue weighted by molar-refractivity contribution is 0.398. The molecule has 0 bridgehead atoms. The number of hydrogen-bond donors (Lipinski definition) is 1. The van der Waals surface area contributed by atoms with E-state index in [-0.39, 0.29) is 23.2 Å². The summed E-state index contributed by atoms with van der Waals surface area (Å²) in [5.74, 6) is 1.54. The zero-order valence-electron chi connectivity index (χ0n) is 17.6. The molecular formula is C24H22N2O5S. The van der Waals surface area contributed by atoms with E-state index in [0.29, 0.717) is 28.2 Å². The molecular weight excluding hydrogens is 428 g/mol. The first-order chi connectivity index (χ1) is 15.5. The second-order valence-electron chi connectivity index (χ2n) is 6.89. The zero-order valence-corrected chi connectivity index (χ0v) is 18.4. The van der Waals surface area contributed by atoms with E-state index < -0.39 is 10.0 Å². The average molecular weight is 451 g/mol. The van der Waals surface area contributed by atoms with Crippen molar-refractivity contribution in [1.29, 1.82) is 0 Å². The van der Waals surface area contributed by atoms with E-state index in [1.165, 1.54) is 7.11 Å². The highest BCUT2D eigenvalue weighted by Crippen LogP contribution is 2.32. The lowest BCUT2D eigenvalue weighted by atomic mass is 10.2. The van der Waals surface area contributed by atoms with Gasteiger partial charge in [-0.15, -0.1) is 0 Å². The highest BCUT2D eigenvalue weighted by Gasteiger charge is 2.27. The van der Waals surface area contributed by atoms with Gasteiger partial charge in [-0.2, -0.15) is 4.98 Å². The second kappa shape index (κ2) is 9.25. The third-order valence-corrected chi connectivity index (χ3v) is 6.16. The van der Waals surface area contributed by atoms with Gasteiger partial charge in [0.25, 0.3) is 10.0 Å². The maximum absolute atomic E-state index is 13.3. The van der Waals surface area contributed by atoms with Crippen LogP contribution in [0.15, 0.2) is 88.3 Å². The molecule has 0 aliphatic heterocycles. The van der Waals surface area contributed by atoms with Gasteiger partial charge >= 0.3 is 0 Å². The topological polar surface area (TPSA) is 90.7 Å². The van der Waals surface area contributed by atoms with Gasteiger partial charge in [-0.1, -0.05) is 48.5 Å². The third-order valence-electron chi connectivity index (χ3n) is 4.85. The molecule has 32 heavy (non-hydrogen) atoms. The van der Waals surface area contributed by atoms with Gasteiger partial charge in [-0.25, -0.2) is 13.1 Å². The fraction of sp³-hybridized carbons (Fsp3) is 0.125. The summed E-state index contributed by atoms with van der Waals surface area (Å²) < 4.78 is 45.7. The zero-order chi connectivity index (χ0) is 22.6. The van der Waals surface area contributed by atoms with Crippen molar-refractivity contribution in [1.82, 2.24) is 9.71 Å². The van der Waals surface area contributed by atoms with Crippen molar-refractivity contribution in [3.63, 3.8) is 0 Å². The summed E-state index contributed by atoms with van der Waals surface area (Å²) in [5, 5.41) is -0.176. The first-order valence-electron chi connectivity index (χ1n) is 9.84. The van der Waals surface area contributed by atoms with E-state index in [9.17, 15) is 8.42 Å². The molecule has 0 saturated carbocycles. The lowest BCUT2D eigenvalue weighted by Crippen LogP contribution is -2.24. The Hall–Kier alpha value is -3.62. The van der Waals surface area contributed by atoms with E-state index in [2.05, 4.69) is 9.71 Å². The molecule has 164 valence electrons. The van der Waals surface area contributed by atoms with E-state index in [1.54, 1.807) is 37.4 Å². The molecule has 0 spiro atoms. The van der Waals surface area contributed by atoms with Gasteiger partial charge in [0, 0.05) is 23.2 Å². The van der Waals surface area contributed by atoms with Crippen LogP contribution in [0.3, 0.4) is 0 Å². The molecule has 0 saturated heterocycles. The van der Waals surface area contributed by atoms with Crippen LogP contribution in [0.2, 0.25) is 0 Å². The molecule has 0 aliphatic carbocycles. The normalized spacial score (nSPS) is 11.3. The number of aromatic nitrogens is 1. The summed E-state index contributed by atoms with van der Waals surface area (Å²) in [4.78, 5) is 4.34. The molecule has 0 fully saturated rings. The van der Waals surface area contributed by atoms with Crippen LogP contribution < -0.4 is 14.2 Å². The number of hydrogen-bond acceptors (Lipinski definition) is 6. The van der Waals surface area contributed by atoms with Crippen LogP contribution in [0, 0.1) is 0 Å². The van der Waals surface area contributed by atoms with E-state index in [1.807, 2.05) is 48.5 Å². The van der Waals surface area contributed by atoms with Gasteiger partial charge in [0.05, 0.1) is 14.2 Å². The fourth-order valence-corrected chi connectivity index (χ4v) is 4.31. The van der Waals surface area contributed by atoms with Crippen molar-refractivity contribution in [2.75, 3.05) is 14.2 Å². The third kappa shape index (κ3) is 4.51. The molecule has 3 aromatic carbocycles. The van der Waals surface area contributed by atoms with E-state index in [0.717, 1.165) is 0 Å². The summed E-state index contributed by atoms with van der Waals surface area (Å²) in [6.45, 7) is -0.00946. The number of oxazole rings is 1. The van der Waals surface area contributed by atoms with Crippen molar-refractivity contribution < 1.29 is 22.3 Å². The molecule has 8 heteroatoms. The van der Waals surface area contributed by atoms with E-state index in [4.69, 9.17) is 13.9 Å². The Balaban J connectivity index is 1.72. The van der Waals surface area contributed by atoms with Crippen molar-refractivity contribution >= 4 is 10.0 Å². The van der Waals surface area contributed by atoms with Crippen LogP contribution in [0.25, 0.3) is 22.8 Å². The maximum Gasteiger partial charge on any atom is 0.262 e. The van der Waals surface area contributed by atoms with Crippen LogP contribution >= 0.6 is 0 Å². The minimum absolute atomic E-state index is 0.00946. The molecule has 1 aromatic heterocycles. The standard InChI is InChI=1S/C24H22N2O5S/c1-29-20-13-14-21(30-2)19(15-20)16-25-32(27,28)24-22(17-9-5-3-6-10-17)31-23(26-24)18-11-7-4-8-12-18/h3-15,25H,16H2,1-2H3. The second-order valence-corrected chi connectivity index (χ2v) is 8.57. The van der Waals surface area contributed by atoms with Crippen molar-refractivity contribution in [2.45, 2.75) is 11.6 Å². The van der Waals surface area contributed by atoms with Crippen LogP contribution in [0.5, 0.6) is 11.5 Å². The summed E-state index contributed by atoms with van der Waals surface area (Å²) in [6.07, 6.45) is 0. The predicted molar refractivity (Wildman–Crippen MR) is 121 cm³/mol. The molecule has 7 nitrogen and oxygen atoms in total. The van der Waals surface area contributed by atoms with Gasteiger partial charge in [-0.3, -0.25) is 0 Å². The van der Waals surface area contributed by atoms with Crippen molar-refractivity contribution in [2.24, 2.45) is 0 Å². The van der Waals surface area contributed by atoms with Crippen LogP contribution in [0.1, 0.15) is 5.56 Å².